The Labute approximate surface area is 137 Å². The van der Waals surface area contributed by atoms with Gasteiger partial charge in [-0.15, -0.1) is 0 Å². The van der Waals surface area contributed by atoms with Crippen LogP contribution < -0.4 is 40.4 Å². The van der Waals surface area contributed by atoms with E-state index >= 15 is 0 Å². The molecule has 5 nitrogen and oxygen atoms in total. The van der Waals surface area contributed by atoms with Gasteiger partial charge in [0, 0.05) is 16.0 Å². The van der Waals surface area contributed by atoms with Crippen molar-refractivity contribution in [1.29, 1.82) is 0 Å². The summed E-state index contributed by atoms with van der Waals surface area (Å²) in [6, 6.07) is 10.5. The maximum atomic E-state index is 11.3. The summed E-state index contributed by atoms with van der Waals surface area (Å²) in [6.45, 7) is 0. The second-order valence-corrected chi connectivity index (χ2v) is 6.23. The van der Waals surface area contributed by atoms with Gasteiger partial charge in [0.25, 0.3) is 5.56 Å². The maximum Gasteiger partial charge on any atom is 1.00 e. The van der Waals surface area contributed by atoms with E-state index in [0.29, 0.717) is 4.90 Å². The topological polar surface area (TPSA) is 90.4 Å². The molecule has 19 heavy (non-hydrogen) atoms. The number of nitrogens with one attached hydrogen (secondary N) is 1. The molecule has 1 heterocycles. The van der Waals surface area contributed by atoms with Gasteiger partial charge in [-0.1, -0.05) is 30.0 Å². The predicted octanol–water partition coefficient (Wildman–Crippen LogP) is -1.55. The van der Waals surface area contributed by atoms with E-state index in [9.17, 15) is 9.36 Å². The van der Waals surface area contributed by atoms with E-state index in [1.165, 1.54) is 24.0 Å². The molecular formula is C11H11NNaO4PS. The summed E-state index contributed by atoms with van der Waals surface area (Å²) in [5.74, 6) is 0. The Balaban J connectivity index is 0.00000180. The smallest absolute Gasteiger partial charge is 1.00 e. The summed E-state index contributed by atoms with van der Waals surface area (Å²) < 4.78 is 11.1. The predicted molar refractivity (Wildman–Crippen MR) is 70.4 cm³/mol. The molecule has 0 radical (unpaired) electrons. The number of pyridine rings is 1. The number of hydrogen-bond acceptors (Lipinski definition) is 3. The van der Waals surface area contributed by atoms with Crippen molar-refractivity contribution in [3.05, 3.63) is 52.9 Å². The number of H-pyrrole nitrogens is 1. The molecule has 0 spiro atoms. The number of aromatic nitrogens is 1. The first kappa shape index (κ1) is 16.7. The zero-order valence-electron chi connectivity index (χ0n) is 11.1. The van der Waals surface area contributed by atoms with Crippen LogP contribution in [0, 0.1) is 0 Å². The molecule has 0 amide bonds. The molecule has 0 atom stereocenters. The molecule has 2 rings (SSSR count). The molecule has 0 saturated heterocycles. The number of rotatable bonds is 3. The Hall–Kier alpha value is -0.330. The number of hydrogen-bond donors (Lipinski definition) is 3. The van der Waals surface area contributed by atoms with Gasteiger partial charge < -0.3 is 16.2 Å². The van der Waals surface area contributed by atoms with Gasteiger partial charge in [-0.3, -0.25) is 9.36 Å². The van der Waals surface area contributed by atoms with Gasteiger partial charge >= 0.3 is 37.2 Å². The van der Waals surface area contributed by atoms with Gasteiger partial charge in [-0.25, -0.2) is 0 Å². The normalized spacial score (nSPS) is 10.8. The minimum absolute atomic E-state index is 0. The van der Waals surface area contributed by atoms with Crippen LogP contribution in [0.25, 0.3) is 0 Å². The molecule has 1 aromatic carbocycles. The van der Waals surface area contributed by atoms with Crippen LogP contribution in [0.2, 0.25) is 0 Å². The van der Waals surface area contributed by atoms with Gasteiger partial charge in [-0.05, 0) is 18.2 Å². The molecule has 0 aliphatic heterocycles. The van der Waals surface area contributed by atoms with Crippen molar-refractivity contribution < 1.29 is 45.3 Å². The first-order valence-corrected chi connectivity index (χ1v) is 7.41. The van der Waals surface area contributed by atoms with Gasteiger partial charge in [0.15, 0.2) is 0 Å². The number of benzene rings is 1. The van der Waals surface area contributed by atoms with Crippen molar-refractivity contribution in [2.45, 2.75) is 9.79 Å². The van der Waals surface area contributed by atoms with E-state index < -0.39 is 18.5 Å². The summed E-state index contributed by atoms with van der Waals surface area (Å²) in [4.78, 5) is 33.2. The Morgan fingerprint density at radius 1 is 1.16 bits per heavy atom. The Kier molecular flexibility index (Phi) is 6.08. The fourth-order valence-electron chi connectivity index (χ4n) is 1.35. The van der Waals surface area contributed by atoms with Crippen LogP contribution in [-0.4, -0.2) is 14.8 Å². The first-order valence-electron chi connectivity index (χ1n) is 4.98. The SMILES string of the molecule is O=c1[nH]cc(Sc2ccccc2)cc1P(=O)(O)O.[H-].[Na+]. The number of aromatic amines is 1. The zero-order valence-corrected chi connectivity index (χ0v) is 13.8. The maximum absolute atomic E-state index is 11.3. The molecular weight excluding hydrogens is 296 g/mol. The largest absolute Gasteiger partial charge is 1.00 e. The average Bonchev–Trinajstić information content (AvgIpc) is 2.31. The van der Waals surface area contributed by atoms with Crippen molar-refractivity contribution in [3.8, 4) is 0 Å². The van der Waals surface area contributed by atoms with E-state index in [4.69, 9.17) is 9.79 Å². The Morgan fingerprint density at radius 2 is 1.79 bits per heavy atom. The third-order valence-electron chi connectivity index (χ3n) is 2.15. The van der Waals surface area contributed by atoms with E-state index in [0.717, 1.165) is 4.90 Å². The summed E-state index contributed by atoms with van der Waals surface area (Å²) in [6.07, 6.45) is 1.43. The van der Waals surface area contributed by atoms with E-state index in [1.54, 1.807) is 0 Å². The molecule has 3 N–H and O–H groups in total. The van der Waals surface area contributed by atoms with Crippen molar-refractivity contribution in [3.63, 3.8) is 0 Å². The molecule has 2 aromatic rings. The average molecular weight is 307 g/mol. The van der Waals surface area contributed by atoms with Crippen molar-refractivity contribution >= 4 is 24.7 Å². The van der Waals surface area contributed by atoms with Gasteiger partial charge in [-0.2, -0.15) is 0 Å². The van der Waals surface area contributed by atoms with E-state index in [-0.39, 0.29) is 31.0 Å². The molecule has 0 unspecified atom stereocenters. The zero-order chi connectivity index (χ0) is 13.2. The van der Waals surface area contributed by atoms with Crippen LogP contribution in [0.1, 0.15) is 1.43 Å². The van der Waals surface area contributed by atoms with Crippen LogP contribution in [0.15, 0.2) is 57.2 Å². The van der Waals surface area contributed by atoms with Gasteiger partial charge in [0.2, 0.25) is 0 Å². The van der Waals surface area contributed by atoms with Crippen LogP contribution in [0.5, 0.6) is 0 Å². The molecule has 0 aliphatic carbocycles. The van der Waals surface area contributed by atoms with Crippen molar-refractivity contribution in [2.75, 3.05) is 0 Å². The third-order valence-corrected chi connectivity index (χ3v) is 4.09. The fourth-order valence-corrected chi connectivity index (χ4v) is 2.94. The summed E-state index contributed by atoms with van der Waals surface area (Å²) in [7, 11) is -4.54. The minimum atomic E-state index is -4.54. The fraction of sp³-hybridized carbons (Fsp3) is 0. The minimum Gasteiger partial charge on any atom is -1.00 e. The molecule has 0 fully saturated rings. The Morgan fingerprint density at radius 3 is 2.37 bits per heavy atom. The van der Waals surface area contributed by atoms with Crippen LogP contribution in [0.4, 0.5) is 0 Å². The second-order valence-electron chi connectivity index (χ2n) is 3.51. The standard InChI is InChI=1S/C11H10NO4PS.Na.H/c13-11-10(17(14,15)16)6-9(7-12-11)18-8-4-2-1-3-5-8;;/h1-7H,(H,12,13)(H2,14,15,16);;/q;+1;-1. The second kappa shape index (κ2) is 6.90. The summed E-state index contributed by atoms with van der Waals surface area (Å²) in [5.41, 5.74) is -0.763. The van der Waals surface area contributed by atoms with Crippen LogP contribution >= 0.6 is 19.4 Å². The van der Waals surface area contributed by atoms with Crippen LogP contribution in [-0.2, 0) is 4.57 Å². The Bertz CT molecular complexity index is 661. The van der Waals surface area contributed by atoms with Crippen LogP contribution in [0.3, 0.4) is 0 Å². The molecule has 1 aromatic heterocycles. The summed E-state index contributed by atoms with van der Waals surface area (Å²) in [5, 5.41) is -0.511. The first-order chi connectivity index (χ1) is 8.47. The quantitative estimate of drug-likeness (QED) is 0.472. The van der Waals surface area contributed by atoms with E-state index in [1.807, 2.05) is 30.3 Å². The molecule has 0 bridgehead atoms. The van der Waals surface area contributed by atoms with Crippen molar-refractivity contribution in [1.82, 2.24) is 4.98 Å². The monoisotopic (exact) mass is 307 g/mol. The molecule has 96 valence electrons. The molecule has 8 heteroatoms. The van der Waals surface area contributed by atoms with Gasteiger partial charge in [0.05, 0.1) is 0 Å². The molecule has 0 aliphatic rings. The van der Waals surface area contributed by atoms with Gasteiger partial charge in [0.1, 0.15) is 5.30 Å². The summed E-state index contributed by atoms with van der Waals surface area (Å²) >= 11 is 1.31. The van der Waals surface area contributed by atoms with E-state index in [2.05, 4.69) is 4.98 Å². The van der Waals surface area contributed by atoms with Crippen molar-refractivity contribution in [2.24, 2.45) is 0 Å². The third kappa shape index (κ3) is 4.61. The molecule has 0 saturated carbocycles.